The summed E-state index contributed by atoms with van der Waals surface area (Å²) in [6.45, 7) is 0. The molecular formula is C60H39NS. The topological polar surface area (TPSA) is 3.24 Å². The van der Waals surface area contributed by atoms with Crippen LogP contribution in [0.2, 0.25) is 0 Å². The fourth-order valence-electron chi connectivity index (χ4n) is 9.31. The minimum Gasteiger partial charge on any atom is -0.309 e. The first kappa shape index (κ1) is 36.1. The number of anilines is 3. The van der Waals surface area contributed by atoms with E-state index in [1.807, 2.05) is 11.3 Å². The molecule has 290 valence electrons. The van der Waals surface area contributed by atoms with Crippen molar-refractivity contribution in [2.45, 2.75) is 0 Å². The van der Waals surface area contributed by atoms with Crippen molar-refractivity contribution >= 4 is 80.9 Å². The molecule has 0 fully saturated rings. The Balaban J connectivity index is 1.01. The maximum Gasteiger partial charge on any atom is 0.0640 e. The summed E-state index contributed by atoms with van der Waals surface area (Å²) in [6.07, 6.45) is 0. The van der Waals surface area contributed by atoms with E-state index in [-0.39, 0.29) is 0 Å². The molecule has 62 heavy (non-hydrogen) atoms. The normalized spacial score (nSPS) is 11.5. The van der Waals surface area contributed by atoms with Crippen LogP contribution in [0.25, 0.3) is 97.0 Å². The first-order chi connectivity index (χ1) is 30.7. The second-order valence-corrected chi connectivity index (χ2v) is 17.1. The van der Waals surface area contributed by atoms with Crippen molar-refractivity contribution in [1.82, 2.24) is 0 Å². The van der Waals surface area contributed by atoms with Gasteiger partial charge < -0.3 is 4.90 Å². The Morgan fingerprint density at radius 2 is 0.710 bits per heavy atom. The van der Waals surface area contributed by atoms with Crippen LogP contribution in [0.4, 0.5) is 17.1 Å². The van der Waals surface area contributed by atoms with Crippen LogP contribution in [0, 0.1) is 0 Å². The number of thiophene rings is 1. The molecule has 0 aliphatic carbocycles. The van der Waals surface area contributed by atoms with Gasteiger partial charge in [-0.15, -0.1) is 11.3 Å². The number of hydrogen-bond acceptors (Lipinski definition) is 2. The van der Waals surface area contributed by atoms with Gasteiger partial charge in [-0.25, -0.2) is 0 Å². The van der Waals surface area contributed by atoms with Gasteiger partial charge in [0.15, 0.2) is 0 Å². The molecule has 0 N–H and O–H groups in total. The number of nitrogens with zero attached hydrogens (tertiary/aromatic N) is 1. The quantitative estimate of drug-likeness (QED) is 0.155. The molecule has 1 aromatic heterocycles. The molecule has 1 nitrogen and oxygen atoms in total. The highest BCUT2D eigenvalue weighted by Crippen LogP contribution is 2.49. The van der Waals surface area contributed by atoms with Crippen LogP contribution in [-0.2, 0) is 0 Å². The van der Waals surface area contributed by atoms with Gasteiger partial charge in [-0.3, -0.25) is 0 Å². The molecule has 0 aliphatic rings. The van der Waals surface area contributed by atoms with E-state index in [1.165, 1.54) is 103 Å². The smallest absolute Gasteiger partial charge is 0.0640 e. The minimum atomic E-state index is 1.14. The average molecular weight is 806 g/mol. The molecule has 12 aromatic rings. The van der Waals surface area contributed by atoms with Crippen molar-refractivity contribution in [3.63, 3.8) is 0 Å². The highest BCUT2D eigenvalue weighted by molar-refractivity contribution is 7.27. The van der Waals surface area contributed by atoms with Gasteiger partial charge >= 0.3 is 0 Å². The van der Waals surface area contributed by atoms with Gasteiger partial charge in [-0.2, -0.15) is 0 Å². The Labute approximate surface area is 365 Å². The molecule has 0 amide bonds. The second-order valence-electron chi connectivity index (χ2n) is 16.1. The SMILES string of the molecule is c1ccc(-c2cc(-c3ccccc3)cc(-c3ccc(-c4cc5c6cccc(N(c7ccc8ccccc8c7)c7ccc8ccccc8c7)c6sc5c5ccccc45)cc3)c2)cc1. The van der Waals surface area contributed by atoms with Crippen molar-refractivity contribution in [3.05, 3.63) is 237 Å². The van der Waals surface area contributed by atoms with Crippen LogP contribution in [0.3, 0.4) is 0 Å². The Morgan fingerprint density at radius 3 is 1.29 bits per heavy atom. The summed E-state index contributed by atoms with van der Waals surface area (Å²) in [5, 5.41) is 10.0. The van der Waals surface area contributed by atoms with E-state index in [0.29, 0.717) is 0 Å². The summed E-state index contributed by atoms with van der Waals surface area (Å²) in [6, 6.07) is 86.7. The molecule has 0 atom stereocenters. The molecule has 11 aromatic carbocycles. The third-order valence-corrected chi connectivity index (χ3v) is 13.7. The molecule has 0 bridgehead atoms. The zero-order valence-corrected chi connectivity index (χ0v) is 34.7. The lowest BCUT2D eigenvalue weighted by Crippen LogP contribution is -2.10. The van der Waals surface area contributed by atoms with E-state index in [9.17, 15) is 0 Å². The van der Waals surface area contributed by atoms with Crippen LogP contribution in [0.5, 0.6) is 0 Å². The third-order valence-electron chi connectivity index (χ3n) is 12.4. The zero-order chi connectivity index (χ0) is 41.0. The standard InChI is InChI=1S/C60H39NS/c1-3-14-40(15-4-1)48-34-49(41-16-5-2-6-17-41)36-50(35-48)44-26-28-45(29-27-44)56-39-57-55-24-13-25-58(60(55)62-59(57)54-23-12-11-22-53(54)56)61(51-32-30-42-18-7-9-20-46(42)37-51)52-33-31-43-19-8-10-21-47(43)38-52/h1-39H. The Bertz CT molecular complexity index is 3490. The van der Waals surface area contributed by atoms with Crippen LogP contribution >= 0.6 is 11.3 Å². The summed E-state index contributed by atoms with van der Waals surface area (Å²) >= 11 is 1.90. The summed E-state index contributed by atoms with van der Waals surface area (Å²) in [4.78, 5) is 2.45. The van der Waals surface area contributed by atoms with E-state index in [1.54, 1.807) is 0 Å². The van der Waals surface area contributed by atoms with Gasteiger partial charge in [0, 0.05) is 32.2 Å². The molecule has 0 aliphatic heterocycles. The van der Waals surface area contributed by atoms with Gasteiger partial charge in [0.05, 0.1) is 10.4 Å². The fraction of sp³-hybridized carbons (Fsp3) is 0. The van der Waals surface area contributed by atoms with Crippen molar-refractivity contribution in [2.24, 2.45) is 0 Å². The van der Waals surface area contributed by atoms with E-state index in [4.69, 9.17) is 0 Å². The fourth-order valence-corrected chi connectivity index (χ4v) is 10.6. The van der Waals surface area contributed by atoms with Gasteiger partial charge in [0.1, 0.15) is 0 Å². The molecule has 0 saturated heterocycles. The highest BCUT2D eigenvalue weighted by atomic mass is 32.1. The molecule has 0 saturated carbocycles. The lowest BCUT2D eigenvalue weighted by atomic mass is 9.91. The molecule has 12 rings (SSSR count). The number of fused-ring (bicyclic) bond motifs is 7. The maximum atomic E-state index is 2.45. The Kier molecular flexibility index (Phi) is 8.76. The predicted octanol–water partition coefficient (Wildman–Crippen LogP) is 17.7. The summed E-state index contributed by atoms with van der Waals surface area (Å²) in [5.74, 6) is 0. The largest absolute Gasteiger partial charge is 0.309 e. The van der Waals surface area contributed by atoms with Crippen molar-refractivity contribution < 1.29 is 0 Å². The summed E-state index contributed by atoms with van der Waals surface area (Å²) in [5.41, 5.74) is 13.2. The van der Waals surface area contributed by atoms with Crippen LogP contribution in [-0.4, -0.2) is 0 Å². The van der Waals surface area contributed by atoms with Crippen LogP contribution in [0.1, 0.15) is 0 Å². The van der Waals surface area contributed by atoms with Crippen molar-refractivity contribution in [1.29, 1.82) is 0 Å². The van der Waals surface area contributed by atoms with Crippen LogP contribution in [0.15, 0.2) is 237 Å². The van der Waals surface area contributed by atoms with Crippen molar-refractivity contribution in [3.8, 4) is 44.5 Å². The third kappa shape index (κ3) is 6.32. The van der Waals surface area contributed by atoms with Crippen molar-refractivity contribution in [2.75, 3.05) is 4.90 Å². The Morgan fingerprint density at radius 1 is 0.258 bits per heavy atom. The van der Waals surface area contributed by atoms with E-state index >= 15 is 0 Å². The number of hydrogen-bond donors (Lipinski definition) is 0. The average Bonchev–Trinajstić information content (AvgIpc) is 3.74. The molecule has 2 heteroatoms. The van der Waals surface area contributed by atoms with Gasteiger partial charge in [-0.1, -0.05) is 182 Å². The molecule has 0 radical (unpaired) electrons. The van der Waals surface area contributed by atoms with Crippen LogP contribution < -0.4 is 4.90 Å². The molecular weight excluding hydrogens is 767 g/mol. The first-order valence-corrected chi connectivity index (χ1v) is 22.0. The molecule has 0 unspecified atom stereocenters. The maximum absolute atomic E-state index is 2.45. The Hall–Kier alpha value is -7.78. The monoisotopic (exact) mass is 805 g/mol. The predicted molar refractivity (Wildman–Crippen MR) is 268 cm³/mol. The van der Waals surface area contributed by atoms with Gasteiger partial charge in [0.2, 0.25) is 0 Å². The summed E-state index contributed by atoms with van der Waals surface area (Å²) in [7, 11) is 0. The van der Waals surface area contributed by atoms with E-state index in [0.717, 1.165) is 11.4 Å². The van der Waals surface area contributed by atoms with Gasteiger partial charge in [0.25, 0.3) is 0 Å². The lowest BCUT2D eigenvalue weighted by Gasteiger charge is -2.26. The van der Waals surface area contributed by atoms with E-state index < -0.39 is 0 Å². The lowest BCUT2D eigenvalue weighted by molar-refractivity contribution is 1.31. The number of benzene rings is 11. The minimum absolute atomic E-state index is 1.14. The highest BCUT2D eigenvalue weighted by Gasteiger charge is 2.21. The zero-order valence-electron chi connectivity index (χ0n) is 33.9. The first-order valence-electron chi connectivity index (χ1n) is 21.2. The number of rotatable bonds is 7. The summed E-state index contributed by atoms with van der Waals surface area (Å²) < 4.78 is 2.58. The second kappa shape index (κ2) is 15.0. The van der Waals surface area contributed by atoms with E-state index in [2.05, 4.69) is 241 Å². The van der Waals surface area contributed by atoms with Gasteiger partial charge in [-0.05, 0) is 126 Å². The molecule has 0 spiro atoms. The molecule has 1 heterocycles.